The van der Waals surface area contributed by atoms with Gasteiger partial charge in [0.15, 0.2) is 0 Å². The predicted octanol–water partition coefficient (Wildman–Crippen LogP) is 26.6. The molecule has 0 saturated carbocycles. The van der Waals surface area contributed by atoms with Gasteiger partial charge in [0.2, 0.25) is 0 Å². The fourth-order valence-corrected chi connectivity index (χ4v) is 14.1. The smallest absolute Gasteiger partial charge is 0.0462 e. The Balaban J connectivity index is 1.04. The number of fused-ring (bicyclic) bond motifs is 3. The van der Waals surface area contributed by atoms with Gasteiger partial charge in [0.05, 0.1) is 0 Å². The van der Waals surface area contributed by atoms with Gasteiger partial charge < -0.3 is 9.80 Å². The highest BCUT2D eigenvalue weighted by Crippen LogP contribution is 2.56. The molecule has 0 spiro atoms. The zero-order valence-electron chi connectivity index (χ0n) is 55.7. The van der Waals surface area contributed by atoms with Crippen molar-refractivity contribution in [1.82, 2.24) is 0 Å². The second-order valence-electron chi connectivity index (χ2n) is 26.6. The van der Waals surface area contributed by atoms with Crippen LogP contribution in [0.3, 0.4) is 0 Å². The Labute approximate surface area is 529 Å². The molecule has 8 aromatic carbocycles. The summed E-state index contributed by atoms with van der Waals surface area (Å²) < 4.78 is 0. The third kappa shape index (κ3) is 15.1. The van der Waals surface area contributed by atoms with E-state index in [9.17, 15) is 0 Å². The Morgan fingerprint density at radius 1 is 0.287 bits per heavy atom. The van der Waals surface area contributed by atoms with Gasteiger partial charge in [0, 0.05) is 39.5 Å². The Bertz CT molecular complexity index is 3320. The molecule has 0 unspecified atom stereocenters. The molecule has 1 aliphatic rings. The summed E-state index contributed by atoms with van der Waals surface area (Å²) in [4.78, 5) is 4.87. The first-order valence-corrected chi connectivity index (χ1v) is 35.0. The standard InChI is InChI=1S/C85H108N2/c1-11-19-23-25-27-29-61-85(62-30-28-26-24-20-12-2)81-63-70(43-59-79(81)80-60-46-72(64-82(80)85)84(10,17-7)18-8)69-41-55-77(56-42-69)86(73-47-33-65(34-48-73)31-21-13-3)75-51-37-67(38-52-75)68-39-53-76(54-40-68)87(74-49-35-66(36-50-74)32-22-14-4)78-57-44-71(45-58-78)83(9,15-5)16-6/h33-60,63-64H,11-32,61-62H2,1-10H3. The van der Waals surface area contributed by atoms with Crippen molar-refractivity contribution in [1.29, 1.82) is 0 Å². The topological polar surface area (TPSA) is 6.48 Å². The lowest BCUT2D eigenvalue weighted by atomic mass is 9.68. The van der Waals surface area contributed by atoms with E-state index < -0.39 is 0 Å². The number of aryl methyl sites for hydroxylation is 2. The molecule has 0 saturated heterocycles. The van der Waals surface area contributed by atoms with E-state index in [1.54, 1.807) is 11.1 Å². The van der Waals surface area contributed by atoms with E-state index in [4.69, 9.17) is 0 Å². The molecular weight excluding hydrogens is 1050 g/mol. The number of hydrogen-bond acceptors (Lipinski definition) is 2. The Kier molecular flexibility index (Phi) is 23.1. The highest BCUT2D eigenvalue weighted by Gasteiger charge is 2.43. The van der Waals surface area contributed by atoms with E-state index in [2.05, 4.69) is 261 Å². The molecule has 2 nitrogen and oxygen atoms in total. The normalized spacial score (nSPS) is 12.8. The minimum Gasteiger partial charge on any atom is -0.311 e. The van der Waals surface area contributed by atoms with Crippen LogP contribution in [0, 0.1) is 0 Å². The van der Waals surface area contributed by atoms with Gasteiger partial charge in [0.25, 0.3) is 0 Å². The predicted molar refractivity (Wildman–Crippen MR) is 382 cm³/mol. The fraction of sp³-hybridized carbons (Fsp3) is 0.435. The largest absolute Gasteiger partial charge is 0.311 e. The number of rotatable bonds is 34. The van der Waals surface area contributed by atoms with E-state index in [-0.39, 0.29) is 16.2 Å². The molecule has 0 aromatic heterocycles. The number of hydrogen-bond donors (Lipinski definition) is 0. The van der Waals surface area contributed by atoms with E-state index in [1.807, 2.05) is 0 Å². The third-order valence-corrected chi connectivity index (χ3v) is 21.0. The van der Waals surface area contributed by atoms with Gasteiger partial charge in [0.1, 0.15) is 0 Å². The van der Waals surface area contributed by atoms with Crippen LogP contribution in [0.25, 0.3) is 33.4 Å². The van der Waals surface area contributed by atoms with Crippen molar-refractivity contribution in [3.8, 4) is 33.4 Å². The molecule has 0 heterocycles. The van der Waals surface area contributed by atoms with Crippen LogP contribution < -0.4 is 9.80 Å². The van der Waals surface area contributed by atoms with Gasteiger partial charge in [-0.2, -0.15) is 0 Å². The van der Waals surface area contributed by atoms with Gasteiger partial charge in [-0.25, -0.2) is 0 Å². The van der Waals surface area contributed by atoms with Gasteiger partial charge in [-0.15, -0.1) is 0 Å². The second-order valence-corrected chi connectivity index (χ2v) is 26.6. The summed E-state index contributed by atoms with van der Waals surface area (Å²) in [5.41, 5.74) is 24.2. The molecule has 0 atom stereocenters. The summed E-state index contributed by atoms with van der Waals surface area (Å²) in [6.07, 6.45) is 29.9. The zero-order valence-corrected chi connectivity index (χ0v) is 55.7. The first-order valence-electron chi connectivity index (χ1n) is 35.0. The molecule has 458 valence electrons. The molecule has 0 amide bonds. The average molecular weight is 1160 g/mol. The molecule has 0 fully saturated rings. The highest BCUT2D eigenvalue weighted by molar-refractivity contribution is 5.86. The highest BCUT2D eigenvalue weighted by atomic mass is 15.1. The number of anilines is 6. The van der Waals surface area contributed by atoms with E-state index >= 15 is 0 Å². The van der Waals surface area contributed by atoms with Crippen LogP contribution >= 0.6 is 0 Å². The van der Waals surface area contributed by atoms with Crippen molar-refractivity contribution in [3.05, 3.63) is 215 Å². The van der Waals surface area contributed by atoms with Crippen molar-refractivity contribution in [2.75, 3.05) is 9.80 Å². The second kappa shape index (κ2) is 31.0. The van der Waals surface area contributed by atoms with Crippen molar-refractivity contribution >= 4 is 34.1 Å². The summed E-state index contributed by atoms with van der Waals surface area (Å²) in [6.45, 7) is 23.5. The minimum absolute atomic E-state index is 0.0157. The molecule has 87 heavy (non-hydrogen) atoms. The molecule has 9 rings (SSSR count). The van der Waals surface area contributed by atoms with Crippen molar-refractivity contribution in [3.63, 3.8) is 0 Å². The Morgan fingerprint density at radius 2 is 0.586 bits per heavy atom. The maximum Gasteiger partial charge on any atom is 0.0462 e. The van der Waals surface area contributed by atoms with Crippen LogP contribution in [0.2, 0.25) is 0 Å². The first-order chi connectivity index (χ1) is 42.5. The molecule has 1 aliphatic carbocycles. The minimum atomic E-state index is 0.0157. The lowest BCUT2D eigenvalue weighted by Crippen LogP contribution is -2.27. The van der Waals surface area contributed by atoms with Crippen LogP contribution in [0.15, 0.2) is 182 Å². The zero-order chi connectivity index (χ0) is 61.2. The lowest BCUT2D eigenvalue weighted by molar-refractivity contribution is 0.395. The summed E-state index contributed by atoms with van der Waals surface area (Å²) in [5.74, 6) is 0. The van der Waals surface area contributed by atoms with Gasteiger partial charge in [-0.05, 0) is 221 Å². The third-order valence-electron chi connectivity index (χ3n) is 21.0. The van der Waals surface area contributed by atoms with Crippen LogP contribution in [0.4, 0.5) is 34.1 Å². The molecule has 0 bridgehead atoms. The number of nitrogens with zero attached hydrogens (tertiary/aromatic N) is 2. The van der Waals surface area contributed by atoms with Crippen LogP contribution in [0.5, 0.6) is 0 Å². The SMILES string of the molecule is CCCCCCCCC1(CCCCCCCC)c2cc(-c3ccc(N(c4ccc(CCCC)cc4)c4ccc(-c5ccc(N(c6ccc(CCCC)cc6)c6ccc(C(C)(CC)CC)cc6)cc5)cc4)cc3)ccc2-c2ccc(C(C)(CC)CC)cc21. The monoisotopic (exact) mass is 1160 g/mol. The number of benzene rings is 8. The molecular formula is C85H108N2. The van der Waals surface area contributed by atoms with E-state index in [1.165, 1.54) is 188 Å². The van der Waals surface area contributed by atoms with Gasteiger partial charge in [-0.3, -0.25) is 0 Å². The molecule has 2 heteroatoms. The summed E-state index contributed by atoms with van der Waals surface area (Å²) in [7, 11) is 0. The first kappa shape index (κ1) is 64.8. The van der Waals surface area contributed by atoms with Crippen LogP contribution in [-0.2, 0) is 29.1 Å². The average Bonchev–Trinajstić information content (AvgIpc) is 1.59. The van der Waals surface area contributed by atoms with Crippen molar-refractivity contribution < 1.29 is 0 Å². The maximum absolute atomic E-state index is 2.71. The quantitative estimate of drug-likeness (QED) is 0.0371. The summed E-state index contributed by atoms with van der Waals surface area (Å²) >= 11 is 0. The summed E-state index contributed by atoms with van der Waals surface area (Å²) in [6, 6.07) is 71.2. The maximum atomic E-state index is 2.71. The van der Waals surface area contributed by atoms with Crippen molar-refractivity contribution in [2.45, 2.75) is 240 Å². The van der Waals surface area contributed by atoms with Crippen LogP contribution in [0.1, 0.15) is 244 Å². The lowest BCUT2D eigenvalue weighted by Gasteiger charge is -2.35. The van der Waals surface area contributed by atoms with Gasteiger partial charge >= 0.3 is 0 Å². The summed E-state index contributed by atoms with van der Waals surface area (Å²) in [5, 5.41) is 0. The van der Waals surface area contributed by atoms with Crippen molar-refractivity contribution in [2.24, 2.45) is 0 Å². The molecule has 0 N–H and O–H groups in total. The van der Waals surface area contributed by atoms with Crippen LogP contribution in [-0.4, -0.2) is 0 Å². The molecule has 0 radical (unpaired) electrons. The van der Waals surface area contributed by atoms with E-state index in [0.29, 0.717) is 0 Å². The molecule has 8 aromatic rings. The fourth-order valence-electron chi connectivity index (χ4n) is 14.1. The van der Waals surface area contributed by atoms with E-state index in [0.717, 1.165) is 55.6 Å². The van der Waals surface area contributed by atoms with Gasteiger partial charge in [-0.1, -0.05) is 262 Å². The molecule has 0 aliphatic heterocycles. The Hall–Kier alpha value is -6.64. The number of unbranched alkanes of at least 4 members (excludes halogenated alkanes) is 12. The Morgan fingerprint density at radius 3 is 0.977 bits per heavy atom.